The number of aromatic nitrogens is 2. The highest BCUT2D eigenvalue weighted by Gasteiger charge is 2.26. The first kappa shape index (κ1) is 19.8. The maximum Gasteiger partial charge on any atom is 0.241 e. The molecule has 8 heteroatoms. The second-order valence-corrected chi connectivity index (χ2v) is 7.07. The molecule has 27 heavy (non-hydrogen) atoms. The van der Waals surface area contributed by atoms with Crippen LogP contribution in [0.25, 0.3) is 0 Å². The largest absolute Gasteiger partial charge is 0.379 e. The zero-order chi connectivity index (χ0) is 19.2. The molecule has 0 saturated carbocycles. The van der Waals surface area contributed by atoms with Gasteiger partial charge in [-0.15, -0.1) is 0 Å². The molecule has 1 saturated heterocycles. The molecule has 7 nitrogen and oxygen atoms in total. The number of nitrogens with one attached hydrogen (secondary N) is 2. The molecule has 0 spiro atoms. The summed E-state index contributed by atoms with van der Waals surface area (Å²) >= 11 is 6.20. The molecule has 2 N–H and O–H groups in total. The van der Waals surface area contributed by atoms with Gasteiger partial charge in [-0.05, 0) is 24.7 Å². The lowest BCUT2D eigenvalue weighted by Gasteiger charge is -2.35. The van der Waals surface area contributed by atoms with E-state index in [9.17, 15) is 4.79 Å². The van der Waals surface area contributed by atoms with E-state index in [0.29, 0.717) is 24.8 Å². The van der Waals surface area contributed by atoms with Crippen molar-refractivity contribution in [3.8, 4) is 0 Å². The molecule has 0 bridgehead atoms. The van der Waals surface area contributed by atoms with E-state index in [1.54, 1.807) is 17.9 Å². The number of benzene rings is 1. The molecule has 1 fully saturated rings. The summed E-state index contributed by atoms with van der Waals surface area (Å²) in [6, 6.07) is 7.42. The lowest BCUT2D eigenvalue weighted by atomic mass is 10.0. The molecule has 0 radical (unpaired) electrons. The van der Waals surface area contributed by atoms with Crippen LogP contribution in [0.15, 0.2) is 36.7 Å². The maximum absolute atomic E-state index is 12.8. The minimum absolute atomic E-state index is 0.0444. The predicted octanol–water partition coefficient (Wildman–Crippen LogP) is 1.52. The number of likely N-dealkylation sites (N-methyl/N-ethyl adjacent to an activating group) is 1. The molecule has 1 aliphatic heterocycles. The van der Waals surface area contributed by atoms with E-state index in [2.05, 4.69) is 26.7 Å². The number of amides is 1. The lowest BCUT2D eigenvalue weighted by Crippen LogP contribution is -2.45. The third-order valence-electron chi connectivity index (χ3n) is 4.80. The van der Waals surface area contributed by atoms with Gasteiger partial charge >= 0.3 is 0 Å². The molecule has 2 heterocycles. The Balaban J connectivity index is 1.72. The van der Waals surface area contributed by atoms with Crippen LogP contribution in [0.3, 0.4) is 0 Å². The van der Waals surface area contributed by atoms with E-state index in [1.165, 1.54) is 0 Å². The van der Waals surface area contributed by atoms with Crippen molar-refractivity contribution < 1.29 is 9.53 Å². The average Bonchev–Trinajstić information content (AvgIpc) is 3.09. The molecular weight excluding hydrogens is 366 g/mol. The summed E-state index contributed by atoms with van der Waals surface area (Å²) in [5.74, 6) is -0.0780. The van der Waals surface area contributed by atoms with Gasteiger partial charge < -0.3 is 15.4 Å². The van der Waals surface area contributed by atoms with Crippen LogP contribution in [0.2, 0.25) is 5.02 Å². The fourth-order valence-corrected chi connectivity index (χ4v) is 3.60. The Bertz CT molecular complexity index is 760. The fraction of sp³-hybridized carbons (Fsp3) is 0.474. The van der Waals surface area contributed by atoms with E-state index >= 15 is 0 Å². The molecule has 1 aromatic heterocycles. The molecule has 1 aliphatic rings. The summed E-state index contributed by atoms with van der Waals surface area (Å²) in [5.41, 5.74) is 1.93. The first-order valence-electron chi connectivity index (χ1n) is 9.09. The standard InChI is InChI=1S/C19H26ClN5O2/c1-21-18(15-11-23-24(2)13-15)19(26)22-12-17(25-6-8-27-9-7-25)14-4-3-5-16(20)10-14/h3-5,10-11,13,17-18,21H,6-9,12H2,1-2H3,(H,22,26). The quantitative estimate of drug-likeness (QED) is 0.748. The summed E-state index contributed by atoms with van der Waals surface area (Å²) in [6.07, 6.45) is 3.55. The number of nitrogens with zero attached hydrogens (tertiary/aromatic N) is 3. The fourth-order valence-electron chi connectivity index (χ4n) is 3.40. The Kier molecular flexibility index (Phi) is 6.84. The summed E-state index contributed by atoms with van der Waals surface area (Å²) in [4.78, 5) is 15.1. The second kappa shape index (κ2) is 9.32. The van der Waals surface area contributed by atoms with Crippen molar-refractivity contribution in [3.05, 3.63) is 52.8 Å². The monoisotopic (exact) mass is 391 g/mol. The first-order chi connectivity index (χ1) is 13.1. The summed E-state index contributed by atoms with van der Waals surface area (Å²) in [7, 11) is 3.61. The van der Waals surface area contributed by atoms with Crippen molar-refractivity contribution in [1.29, 1.82) is 0 Å². The number of halogens is 1. The number of aryl methyl sites for hydroxylation is 1. The Morgan fingerprint density at radius 1 is 1.33 bits per heavy atom. The van der Waals surface area contributed by atoms with Gasteiger partial charge in [0.05, 0.1) is 25.5 Å². The predicted molar refractivity (Wildman–Crippen MR) is 105 cm³/mol. The van der Waals surface area contributed by atoms with Gasteiger partial charge in [0.25, 0.3) is 0 Å². The van der Waals surface area contributed by atoms with Crippen molar-refractivity contribution >= 4 is 17.5 Å². The number of morpholine rings is 1. The highest BCUT2D eigenvalue weighted by Crippen LogP contribution is 2.24. The number of carbonyl (C=O) groups is 1. The molecule has 2 atom stereocenters. The molecule has 1 amide bonds. The third kappa shape index (κ3) is 5.07. The highest BCUT2D eigenvalue weighted by atomic mass is 35.5. The van der Waals surface area contributed by atoms with Crippen LogP contribution in [-0.2, 0) is 16.6 Å². The highest BCUT2D eigenvalue weighted by molar-refractivity contribution is 6.30. The second-order valence-electron chi connectivity index (χ2n) is 6.63. The Morgan fingerprint density at radius 3 is 2.74 bits per heavy atom. The number of carbonyl (C=O) groups excluding carboxylic acids is 1. The normalized spacial score (nSPS) is 17.4. The number of hydrogen-bond acceptors (Lipinski definition) is 5. The van der Waals surface area contributed by atoms with Crippen LogP contribution in [0, 0.1) is 0 Å². The average molecular weight is 392 g/mol. The molecule has 2 unspecified atom stereocenters. The first-order valence-corrected chi connectivity index (χ1v) is 9.47. The smallest absolute Gasteiger partial charge is 0.241 e. The number of ether oxygens (including phenoxy) is 1. The number of hydrogen-bond donors (Lipinski definition) is 2. The van der Waals surface area contributed by atoms with E-state index in [1.807, 2.05) is 31.4 Å². The van der Waals surface area contributed by atoms with Gasteiger partial charge in [-0.3, -0.25) is 14.4 Å². The Morgan fingerprint density at radius 2 is 2.11 bits per heavy atom. The SMILES string of the molecule is CNC(C(=O)NCC(c1cccc(Cl)c1)N1CCOCC1)c1cnn(C)c1. The Hall–Kier alpha value is -1.93. The Labute approximate surface area is 164 Å². The van der Waals surface area contributed by atoms with Crippen molar-refractivity contribution in [1.82, 2.24) is 25.3 Å². The molecule has 1 aromatic carbocycles. The molecule has 3 rings (SSSR count). The van der Waals surface area contributed by atoms with Gasteiger partial charge in [-0.2, -0.15) is 5.10 Å². The van der Waals surface area contributed by atoms with Gasteiger partial charge in [0.1, 0.15) is 6.04 Å². The maximum atomic E-state index is 12.8. The topological polar surface area (TPSA) is 71.4 Å². The number of rotatable bonds is 7. The molecular formula is C19H26ClN5O2. The van der Waals surface area contributed by atoms with Gasteiger partial charge in [-0.1, -0.05) is 23.7 Å². The van der Waals surface area contributed by atoms with E-state index in [4.69, 9.17) is 16.3 Å². The van der Waals surface area contributed by atoms with Crippen LogP contribution < -0.4 is 10.6 Å². The van der Waals surface area contributed by atoms with Crippen molar-refractivity contribution in [2.75, 3.05) is 39.9 Å². The zero-order valence-electron chi connectivity index (χ0n) is 15.7. The summed E-state index contributed by atoms with van der Waals surface area (Å²) in [6.45, 7) is 3.54. The minimum Gasteiger partial charge on any atom is -0.379 e. The van der Waals surface area contributed by atoms with Crippen LogP contribution >= 0.6 is 11.6 Å². The van der Waals surface area contributed by atoms with Gasteiger partial charge in [0.15, 0.2) is 0 Å². The minimum atomic E-state index is -0.441. The van der Waals surface area contributed by atoms with Crippen molar-refractivity contribution in [2.24, 2.45) is 7.05 Å². The molecule has 146 valence electrons. The zero-order valence-corrected chi connectivity index (χ0v) is 16.4. The summed E-state index contributed by atoms with van der Waals surface area (Å²) < 4.78 is 7.17. The summed E-state index contributed by atoms with van der Waals surface area (Å²) in [5, 5.41) is 11.0. The van der Waals surface area contributed by atoms with Crippen LogP contribution in [-0.4, -0.2) is 60.5 Å². The van der Waals surface area contributed by atoms with E-state index in [0.717, 1.165) is 24.2 Å². The van der Waals surface area contributed by atoms with Crippen LogP contribution in [0.1, 0.15) is 23.2 Å². The lowest BCUT2D eigenvalue weighted by molar-refractivity contribution is -0.123. The van der Waals surface area contributed by atoms with Crippen LogP contribution in [0.4, 0.5) is 0 Å². The van der Waals surface area contributed by atoms with Gasteiger partial charge in [-0.25, -0.2) is 0 Å². The third-order valence-corrected chi connectivity index (χ3v) is 5.03. The van der Waals surface area contributed by atoms with Gasteiger partial charge in [0, 0.05) is 43.5 Å². The van der Waals surface area contributed by atoms with Crippen molar-refractivity contribution in [2.45, 2.75) is 12.1 Å². The van der Waals surface area contributed by atoms with E-state index in [-0.39, 0.29) is 11.9 Å². The molecule has 2 aromatic rings. The van der Waals surface area contributed by atoms with Gasteiger partial charge in [0.2, 0.25) is 5.91 Å². The molecule has 0 aliphatic carbocycles. The van der Waals surface area contributed by atoms with Crippen LogP contribution in [0.5, 0.6) is 0 Å². The van der Waals surface area contributed by atoms with Crippen molar-refractivity contribution in [3.63, 3.8) is 0 Å². The van der Waals surface area contributed by atoms with E-state index < -0.39 is 6.04 Å².